The van der Waals surface area contributed by atoms with E-state index in [0.29, 0.717) is 17.2 Å². The van der Waals surface area contributed by atoms with Crippen molar-refractivity contribution in [2.45, 2.75) is 63.5 Å². The Morgan fingerprint density at radius 3 is 2.46 bits per heavy atom. The van der Waals surface area contributed by atoms with E-state index in [1.54, 1.807) is 14.2 Å². The summed E-state index contributed by atoms with van der Waals surface area (Å²) >= 11 is 0. The molecule has 0 unspecified atom stereocenters. The number of hydrogen-bond acceptors (Lipinski definition) is 5. The Labute approximate surface area is 208 Å². The highest BCUT2D eigenvalue weighted by atomic mass is 16.5. The Morgan fingerprint density at radius 1 is 1.14 bits per heavy atom. The number of likely N-dealkylation sites (tertiary alicyclic amines) is 1. The topological polar surface area (TPSA) is 73.0 Å². The quantitative estimate of drug-likeness (QED) is 0.505. The summed E-state index contributed by atoms with van der Waals surface area (Å²) in [5, 5.41) is 7.88. The molecule has 2 fully saturated rings. The van der Waals surface area contributed by atoms with Crippen molar-refractivity contribution < 1.29 is 14.3 Å². The van der Waals surface area contributed by atoms with E-state index in [2.05, 4.69) is 15.1 Å². The van der Waals surface area contributed by atoms with E-state index in [1.165, 1.54) is 19.3 Å². The standard InChI is InChI=1S/C27H37N5O3/c1-28-19-20(14-17-31-15-7-4-8-16-31)29-27(33)22-18-23(32(30-22)21-10-5-6-11-21)26-24(34-2)12-9-13-25(26)35-3/h9,12-13,18,20-21H,4-8,10-11,14-17,19H2,2-3H3,(H,29,33)/t20-/m0/s1. The summed E-state index contributed by atoms with van der Waals surface area (Å²) in [5.41, 5.74) is 2.00. The molecule has 188 valence electrons. The smallest absolute Gasteiger partial charge is 0.272 e. The fraction of sp³-hybridized carbons (Fsp3) is 0.593. The molecule has 4 rings (SSSR count). The molecule has 1 aliphatic heterocycles. The van der Waals surface area contributed by atoms with Gasteiger partial charge in [-0.05, 0) is 63.4 Å². The Kier molecular flexibility index (Phi) is 8.64. The van der Waals surface area contributed by atoms with E-state index < -0.39 is 0 Å². The summed E-state index contributed by atoms with van der Waals surface area (Å²) in [5.74, 6) is 1.13. The van der Waals surface area contributed by atoms with Gasteiger partial charge in [0.1, 0.15) is 17.5 Å². The van der Waals surface area contributed by atoms with Crippen LogP contribution in [0.3, 0.4) is 0 Å². The van der Waals surface area contributed by atoms with Crippen molar-refractivity contribution >= 4 is 5.91 Å². The number of hydrogen-bond donors (Lipinski definition) is 1. The Bertz CT molecular complexity index is 1010. The zero-order valence-electron chi connectivity index (χ0n) is 21.0. The molecule has 2 heterocycles. The van der Waals surface area contributed by atoms with Crippen molar-refractivity contribution in [2.24, 2.45) is 0 Å². The second kappa shape index (κ2) is 12.1. The van der Waals surface area contributed by atoms with Crippen LogP contribution in [0.2, 0.25) is 0 Å². The minimum Gasteiger partial charge on any atom is -0.496 e. The minimum atomic E-state index is -0.232. The van der Waals surface area contributed by atoms with Gasteiger partial charge in [0, 0.05) is 6.54 Å². The summed E-state index contributed by atoms with van der Waals surface area (Å²) in [7, 11) is 3.28. The first-order chi connectivity index (χ1) is 17.1. The number of rotatable bonds is 10. The van der Waals surface area contributed by atoms with Gasteiger partial charge in [-0.1, -0.05) is 25.3 Å². The fourth-order valence-electron chi connectivity index (χ4n) is 5.32. The largest absolute Gasteiger partial charge is 0.496 e. The Morgan fingerprint density at radius 2 is 1.83 bits per heavy atom. The number of nitrogens with zero attached hydrogens (tertiary/aromatic N) is 4. The summed E-state index contributed by atoms with van der Waals surface area (Å²) in [6.07, 6.45) is 8.89. The first-order valence-electron chi connectivity index (χ1n) is 12.8. The molecular formula is C27H37N5O3. The molecule has 1 aromatic heterocycles. The van der Waals surface area contributed by atoms with Crippen molar-refractivity contribution in [2.75, 3.05) is 40.4 Å². The molecule has 0 bridgehead atoms. The van der Waals surface area contributed by atoms with Gasteiger partial charge in [0.25, 0.3) is 5.91 Å². The number of ether oxygens (including phenoxy) is 2. The van der Waals surface area contributed by atoms with Crippen LogP contribution < -0.4 is 14.8 Å². The zero-order valence-corrected chi connectivity index (χ0v) is 21.0. The minimum absolute atomic E-state index is 0.192. The van der Waals surface area contributed by atoms with Gasteiger partial charge in [-0.15, -0.1) is 0 Å². The molecule has 1 aromatic carbocycles. The van der Waals surface area contributed by atoms with Crippen molar-refractivity contribution in [3.05, 3.63) is 41.4 Å². The molecule has 1 atom stereocenters. The average molecular weight is 480 g/mol. The lowest BCUT2D eigenvalue weighted by Gasteiger charge is -2.27. The predicted molar refractivity (Wildman–Crippen MR) is 136 cm³/mol. The number of nitrogens with one attached hydrogen (secondary N) is 1. The van der Waals surface area contributed by atoms with Gasteiger partial charge in [0.2, 0.25) is 6.54 Å². The highest BCUT2D eigenvalue weighted by molar-refractivity contribution is 5.94. The molecule has 2 aliphatic rings. The molecule has 0 spiro atoms. The average Bonchev–Trinajstić information content (AvgIpc) is 3.57. The van der Waals surface area contributed by atoms with Gasteiger partial charge >= 0.3 is 0 Å². The van der Waals surface area contributed by atoms with Crippen LogP contribution in [0.5, 0.6) is 11.5 Å². The molecule has 1 saturated carbocycles. The van der Waals surface area contributed by atoms with Gasteiger partial charge in [0.05, 0.1) is 31.5 Å². The molecule has 0 radical (unpaired) electrons. The van der Waals surface area contributed by atoms with E-state index in [4.69, 9.17) is 21.1 Å². The molecule has 2 aromatic rings. The lowest BCUT2D eigenvalue weighted by Crippen LogP contribution is -2.40. The monoisotopic (exact) mass is 479 g/mol. The lowest BCUT2D eigenvalue weighted by molar-refractivity contribution is 0.0927. The molecule has 1 N–H and O–H groups in total. The summed E-state index contributed by atoms with van der Waals surface area (Å²) in [6.45, 7) is 10.8. The maximum absolute atomic E-state index is 13.3. The van der Waals surface area contributed by atoms with Crippen LogP contribution in [0.1, 0.15) is 67.9 Å². The van der Waals surface area contributed by atoms with E-state index >= 15 is 0 Å². The Hall–Kier alpha value is -3.05. The molecular weight excluding hydrogens is 442 g/mol. The first kappa shape index (κ1) is 25.1. The summed E-state index contributed by atoms with van der Waals surface area (Å²) in [4.78, 5) is 19.4. The first-order valence-corrected chi connectivity index (χ1v) is 12.8. The van der Waals surface area contributed by atoms with Crippen LogP contribution in [0.25, 0.3) is 16.1 Å². The number of amides is 1. The maximum atomic E-state index is 13.3. The molecule has 35 heavy (non-hydrogen) atoms. The van der Waals surface area contributed by atoms with Gasteiger partial charge < -0.3 is 24.5 Å². The van der Waals surface area contributed by atoms with E-state index in [1.807, 2.05) is 28.9 Å². The third-order valence-corrected chi connectivity index (χ3v) is 7.21. The SMILES string of the molecule is [C-]#[N+]C[C@H](CCN1CCCCC1)NC(=O)c1cc(-c2c(OC)cccc2OC)n(C2CCCC2)n1. The third kappa shape index (κ3) is 5.96. The van der Waals surface area contributed by atoms with Crippen molar-refractivity contribution in [1.29, 1.82) is 0 Å². The summed E-state index contributed by atoms with van der Waals surface area (Å²) in [6, 6.07) is 7.57. The van der Waals surface area contributed by atoms with Crippen LogP contribution in [0, 0.1) is 6.57 Å². The molecule has 1 aliphatic carbocycles. The Balaban J connectivity index is 1.59. The molecule has 1 saturated heterocycles. The number of methoxy groups -OCH3 is 2. The molecule has 8 nitrogen and oxygen atoms in total. The van der Waals surface area contributed by atoms with Crippen LogP contribution in [-0.4, -0.2) is 67.0 Å². The number of benzene rings is 1. The third-order valence-electron chi connectivity index (χ3n) is 7.21. The van der Waals surface area contributed by atoms with Gasteiger partial charge in [0.15, 0.2) is 5.69 Å². The van der Waals surface area contributed by atoms with Crippen LogP contribution >= 0.6 is 0 Å². The van der Waals surface area contributed by atoms with Crippen molar-refractivity contribution in [3.63, 3.8) is 0 Å². The second-order valence-electron chi connectivity index (χ2n) is 9.54. The zero-order chi connectivity index (χ0) is 24.6. The lowest BCUT2D eigenvalue weighted by atomic mass is 10.1. The molecule has 8 heteroatoms. The number of carbonyl (C=O) groups excluding carboxylic acids is 1. The van der Waals surface area contributed by atoms with Gasteiger partial charge in [-0.3, -0.25) is 9.48 Å². The maximum Gasteiger partial charge on any atom is 0.272 e. The van der Waals surface area contributed by atoms with Crippen LogP contribution in [-0.2, 0) is 0 Å². The van der Waals surface area contributed by atoms with Gasteiger partial charge in [-0.2, -0.15) is 5.10 Å². The van der Waals surface area contributed by atoms with Crippen LogP contribution in [0.4, 0.5) is 0 Å². The van der Waals surface area contributed by atoms with Gasteiger partial charge in [-0.25, -0.2) is 6.57 Å². The molecule has 1 amide bonds. The van der Waals surface area contributed by atoms with Crippen molar-refractivity contribution in [1.82, 2.24) is 20.0 Å². The van der Waals surface area contributed by atoms with Crippen LogP contribution in [0.15, 0.2) is 24.3 Å². The van der Waals surface area contributed by atoms with Crippen molar-refractivity contribution in [3.8, 4) is 22.8 Å². The predicted octanol–water partition coefficient (Wildman–Crippen LogP) is 4.58. The number of piperidine rings is 1. The highest BCUT2D eigenvalue weighted by Gasteiger charge is 2.28. The highest BCUT2D eigenvalue weighted by Crippen LogP contribution is 2.41. The number of carbonyl (C=O) groups is 1. The number of aromatic nitrogens is 2. The van der Waals surface area contributed by atoms with E-state index in [-0.39, 0.29) is 24.5 Å². The summed E-state index contributed by atoms with van der Waals surface area (Å²) < 4.78 is 13.3. The fourth-order valence-corrected chi connectivity index (χ4v) is 5.32. The van der Waals surface area contributed by atoms with E-state index in [9.17, 15) is 4.79 Å². The normalized spacial score (nSPS) is 17.6. The van der Waals surface area contributed by atoms with E-state index in [0.717, 1.165) is 63.0 Å². The second-order valence-corrected chi connectivity index (χ2v) is 9.54.